The molecule has 0 radical (unpaired) electrons. The molecule has 5 nitrogen and oxygen atoms in total. The van der Waals surface area contributed by atoms with Gasteiger partial charge in [0.25, 0.3) is 0 Å². The molecule has 2 aromatic carbocycles. The van der Waals surface area contributed by atoms with Crippen LogP contribution in [-0.2, 0) is 16.6 Å². The van der Waals surface area contributed by atoms with Crippen LogP contribution in [0.25, 0.3) is 0 Å². The second-order valence-electron chi connectivity index (χ2n) is 5.90. The van der Waals surface area contributed by atoms with Gasteiger partial charge in [-0.2, -0.15) is 4.31 Å². The predicted molar refractivity (Wildman–Crippen MR) is 95.9 cm³/mol. The number of hydrogen-bond donors (Lipinski definition) is 0. The number of benzene rings is 2. The zero-order chi connectivity index (χ0) is 17.9. The number of ketones is 1. The number of hydrogen-bond acceptors (Lipinski definition) is 4. The fourth-order valence-electron chi connectivity index (χ4n) is 2.28. The van der Waals surface area contributed by atoms with E-state index in [1.54, 1.807) is 7.05 Å². The van der Waals surface area contributed by atoms with E-state index in [1.807, 2.05) is 43.3 Å². The minimum atomic E-state index is -3.59. The highest BCUT2D eigenvalue weighted by atomic mass is 32.2. The Morgan fingerprint density at radius 3 is 1.92 bits per heavy atom. The van der Waals surface area contributed by atoms with Gasteiger partial charge in [0.1, 0.15) is 0 Å². The Kier molecular flexibility index (Phi) is 5.41. The maximum absolute atomic E-state index is 12.6. The number of nitrogens with zero attached hydrogens (tertiary/aromatic N) is 2. The van der Waals surface area contributed by atoms with Crippen molar-refractivity contribution in [2.75, 3.05) is 26.0 Å². The molecule has 0 aliphatic heterocycles. The van der Waals surface area contributed by atoms with Crippen molar-refractivity contribution >= 4 is 21.5 Å². The average molecular weight is 346 g/mol. The van der Waals surface area contributed by atoms with Gasteiger partial charge >= 0.3 is 0 Å². The van der Waals surface area contributed by atoms with E-state index in [9.17, 15) is 13.2 Å². The van der Waals surface area contributed by atoms with Crippen LogP contribution in [0, 0.1) is 0 Å². The first kappa shape index (κ1) is 18.2. The van der Waals surface area contributed by atoms with Gasteiger partial charge in [-0.15, -0.1) is 0 Å². The van der Waals surface area contributed by atoms with Crippen molar-refractivity contribution in [3.05, 3.63) is 59.7 Å². The van der Waals surface area contributed by atoms with Gasteiger partial charge in [0.05, 0.1) is 4.90 Å². The molecule has 0 aliphatic carbocycles. The van der Waals surface area contributed by atoms with E-state index in [1.165, 1.54) is 35.5 Å². The predicted octanol–water partition coefficient (Wildman–Crippen LogP) is 2.78. The molecular formula is C18H22N2O3S. The van der Waals surface area contributed by atoms with Crippen LogP contribution in [0.3, 0.4) is 0 Å². The van der Waals surface area contributed by atoms with Gasteiger partial charge in [-0.25, -0.2) is 8.42 Å². The van der Waals surface area contributed by atoms with E-state index in [0.717, 1.165) is 11.3 Å². The number of Topliss-reactive ketones (excluding diaryl/α,β-unsaturated/α-hetero) is 1. The second-order valence-corrected chi connectivity index (χ2v) is 7.95. The van der Waals surface area contributed by atoms with Gasteiger partial charge < -0.3 is 4.90 Å². The van der Waals surface area contributed by atoms with Crippen molar-refractivity contribution in [1.29, 1.82) is 0 Å². The summed E-state index contributed by atoms with van der Waals surface area (Å²) in [7, 11) is 1.86. The molecule has 0 N–H and O–H groups in total. The Morgan fingerprint density at radius 1 is 0.917 bits per heavy atom. The first-order valence-corrected chi connectivity index (χ1v) is 8.99. The summed E-state index contributed by atoms with van der Waals surface area (Å²) in [6, 6.07) is 13.8. The molecule has 6 heteroatoms. The highest BCUT2D eigenvalue weighted by molar-refractivity contribution is 7.89. The van der Waals surface area contributed by atoms with E-state index in [4.69, 9.17) is 0 Å². The van der Waals surface area contributed by atoms with E-state index in [-0.39, 0.29) is 17.2 Å². The molecule has 128 valence electrons. The molecule has 0 bridgehead atoms. The third kappa shape index (κ3) is 4.01. The van der Waals surface area contributed by atoms with Gasteiger partial charge in [-0.1, -0.05) is 24.3 Å². The topological polar surface area (TPSA) is 57.7 Å². The average Bonchev–Trinajstić information content (AvgIpc) is 2.55. The second kappa shape index (κ2) is 7.15. The van der Waals surface area contributed by atoms with Crippen LogP contribution in [0.5, 0.6) is 0 Å². The van der Waals surface area contributed by atoms with Crippen molar-refractivity contribution in [2.45, 2.75) is 18.4 Å². The molecule has 0 saturated carbocycles. The molecule has 0 aromatic heterocycles. The van der Waals surface area contributed by atoms with E-state index in [0.29, 0.717) is 5.56 Å². The van der Waals surface area contributed by atoms with Crippen LogP contribution >= 0.6 is 0 Å². The minimum absolute atomic E-state index is 0.0896. The lowest BCUT2D eigenvalue weighted by Gasteiger charge is -2.18. The van der Waals surface area contributed by atoms with Gasteiger partial charge in [0.15, 0.2) is 5.78 Å². The number of carbonyl (C=O) groups is 1. The Balaban J connectivity index is 2.17. The Labute approximate surface area is 143 Å². The van der Waals surface area contributed by atoms with Crippen LogP contribution < -0.4 is 4.90 Å². The number of anilines is 1. The van der Waals surface area contributed by atoms with Crippen LogP contribution in [0.2, 0.25) is 0 Å². The maximum atomic E-state index is 12.6. The van der Waals surface area contributed by atoms with Crippen molar-refractivity contribution in [3.8, 4) is 0 Å². The zero-order valence-electron chi connectivity index (χ0n) is 14.4. The summed E-state index contributed by atoms with van der Waals surface area (Å²) >= 11 is 0. The van der Waals surface area contributed by atoms with Crippen molar-refractivity contribution in [3.63, 3.8) is 0 Å². The maximum Gasteiger partial charge on any atom is 0.243 e. The summed E-state index contributed by atoms with van der Waals surface area (Å²) in [6.45, 7) is 1.73. The first-order chi connectivity index (χ1) is 11.2. The number of rotatable bonds is 6. The highest BCUT2D eigenvalue weighted by Crippen LogP contribution is 2.19. The largest absolute Gasteiger partial charge is 0.378 e. The van der Waals surface area contributed by atoms with Gasteiger partial charge in [0.2, 0.25) is 10.0 Å². The molecule has 24 heavy (non-hydrogen) atoms. The van der Waals surface area contributed by atoms with Crippen molar-refractivity contribution < 1.29 is 13.2 Å². The molecule has 2 aromatic rings. The van der Waals surface area contributed by atoms with Crippen molar-refractivity contribution in [1.82, 2.24) is 4.31 Å². The molecule has 0 aliphatic rings. The monoisotopic (exact) mass is 346 g/mol. The fraction of sp³-hybridized carbons (Fsp3) is 0.278. The van der Waals surface area contributed by atoms with E-state index < -0.39 is 10.0 Å². The standard InChI is InChI=1S/C18H22N2O3S/c1-14(21)16-7-11-18(12-8-16)24(22,23)20(4)13-15-5-9-17(10-6-15)19(2)3/h5-12H,13H2,1-4H3. The fourth-order valence-corrected chi connectivity index (χ4v) is 3.44. The van der Waals surface area contributed by atoms with E-state index in [2.05, 4.69) is 0 Å². The molecule has 0 atom stereocenters. The Morgan fingerprint density at radius 2 is 1.46 bits per heavy atom. The summed E-state index contributed by atoms with van der Waals surface area (Å²) in [5.74, 6) is -0.0896. The third-order valence-electron chi connectivity index (χ3n) is 3.83. The lowest BCUT2D eigenvalue weighted by Crippen LogP contribution is -2.26. The number of carbonyl (C=O) groups excluding carboxylic acids is 1. The SMILES string of the molecule is CC(=O)c1ccc(S(=O)(=O)N(C)Cc2ccc(N(C)C)cc2)cc1. The lowest BCUT2D eigenvalue weighted by molar-refractivity contribution is 0.101. The molecule has 0 unspecified atom stereocenters. The molecule has 2 rings (SSSR count). The highest BCUT2D eigenvalue weighted by Gasteiger charge is 2.21. The molecule has 0 heterocycles. The summed E-state index contributed by atoms with van der Waals surface area (Å²) < 4.78 is 26.6. The van der Waals surface area contributed by atoms with Gasteiger partial charge in [0, 0.05) is 38.9 Å². The molecule has 0 amide bonds. The quantitative estimate of drug-likeness (QED) is 0.755. The van der Waals surface area contributed by atoms with Crippen molar-refractivity contribution in [2.24, 2.45) is 0 Å². The minimum Gasteiger partial charge on any atom is -0.378 e. The van der Waals surface area contributed by atoms with Crippen LogP contribution in [0.15, 0.2) is 53.4 Å². The molecular weight excluding hydrogens is 324 g/mol. The summed E-state index contributed by atoms with van der Waals surface area (Å²) in [4.78, 5) is 13.5. The van der Waals surface area contributed by atoms with Crippen LogP contribution in [0.1, 0.15) is 22.8 Å². The lowest BCUT2D eigenvalue weighted by atomic mass is 10.2. The van der Waals surface area contributed by atoms with Crippen LogP contribution in [-0.4, -0.2) is 39.6 Å². The van der Waals surface area contributed by atoms with Crippen LogP contribution in [0.4, 0.5) is 5.69 Å². The summed E-state index contributed by atoms with van der Waals surface area (Å²) in [6.07, 6.45) is 0. The smallest absolute Gasteiger partial charge is 0.243 e. The Bertz CT molecular complexity index is 810. The Hall–Kier alpha value is -2.18. The molecule has 0 fully saturated rings. The molecule has 0 saturated heterocycles. The van der Waals surface area contributed by atoms with E-state index >= 15 is 0 Å². The van der Waals surface area contributed by atoms with Gasteiger partial charge in [-0.3, -0.25) is 4.79 Å². The first-order valence-electron chi connectivity index (χ1n) is 7.55. The van der Waals surface area contributed by atoms with Gasteiger partial charge in [-0.05, 0) is 36.8 Å². The third-order valence-corrected chi connectivity index (χ3v) is 5.64. The normalized spacial score (nSPS) is 11.5. The summed E-state index contributed by atoms with van der Waals surface area (Å²) in [5.41, 5.74) is 2.46. The molecule has 0 spiro atoms. The number of sulfonamides is 1. The summed E-state index contributed by atoms with van der Waals surface area (Å²) in [5, 5.41) is 0. The zero-order valence-corrected chi connectivity index (χ0v) is 15.2.